The van der Waals surface area contributed by atoms with E-state index in [4.69, 9.17) is 4.74 Å². The molecule has 120 valence electrons. The van der Waals surface area contributed by atoms with Crippen LogP contribution in [0.5, 0.6) is 0 Å². The molecule has 0 aromatic rings. The van der Waals surface area contributed by atoms with Crippen molar-refractivity contribution in [2.24, 2.45) is 5.92 Å². The number of amides is 1. The molecule has 2 saturated carbocycles. The highest BCUT2D eigenvalue weighted by atomic mass is 16.5. The van der Waals surface area contributed by atoms with Gasteiger partial charge in [0, 0.05) is 12.1 Å². The average molecular weight is 296 g/mol. The van der Waals surface area contributed by atoms with Gasteiger partial charge in [0.25, 0.3) is 0 Å². The molecule has 1 amide bonds. The van der Waals surface area contributed by atoms with Crippen molar-refractivity contribution in [2.45, 2.75) is 70.5 Å². The predicted molar refractivity (Wildman–Crippen MR) is 80.8 cm³/mol. The first kappa shape index (κ1) is 16.3. The second-order valence-corrected chi connectivity index (χ2v) is 6.63. The molecule has 5 heteroatoms. The van der Waals surface area contributed by atoms with Gasteiger partial charge in [-0.2, -0.15) is 0 Å². The number of nitrogens with zero attached hydrogens (tertiary/aromatic N) is 1. The van der Waals surface area contributed by atoms with Crippen LogP contribution in [0.3, 0.4) is 0 Å². The fourth-order valence-electron chi connectivity index (χ4n) is 3.14. The Balaban J connectivity index is 1.82. The average Bonchev–Trinajstić information content (AvgIpc) is 3.30. The van der Waals surface area contributed by atoms with Crippen LogP contribution >= 0.6 is 0 Å². The normalized spacial score (nSPS) is 27.2. The van der Waals surface area contributed by atoms with Gasteiger partial charge in [0.1, 0.15) is 6.04 Å². The molecule has 0 saturated heterocycles. The van der Waals surface area contributed by atoms with Crippen molar-refractivity contribution < 1.29 is 14.3 Å². The number of methoxy groups -OCH3 is 1. The molecule has 21 heavy (non-hydrogen) atoms. The number of hydrogen-bond acceptors (Lipinski definition) is 4. The number of nitrogens with one attached hydrogen (secondary N) is 1. The molecule has 0 unspecified atom stereocenters. The van der Waals surface area contributed by atoms with E-state index in [1.807, 2.05) is 11.8 Å². The van der Waals surface area contributed by atoms with E-state index < -0.39 is 0 Å². The minimum atomic E-state index is -0.348. The fourth-order valence-corrected chi connectivity index (χ4v) is 3.14. The van der Waals surface area contributed by atoms with Gasteiger partial charge in [0.2, 0.25) is 5.91 Å². The molecule has 0 aliphatic heterocycles. The van der Waals surface area contributed by atoms with E-state index in [2.05, 4.69) is 12.2 Å². The summed E-state index contributed by atoms with van der Waals surface area (Å²) in [5.74, 6) is 0.554. The Morgan fingerprint density at radius 1 is 1.19 bits per heavy atom. The third-order valence-electron chi connectivity index (χ3n) is 4.76. The van der Waals surface area contributed by atoms with Gasteiger partial charge in [0.15, 0.2) is 0 Å². The number of hydrogen-bond donors (Lipinski definition) is 1. The molecule has 0 spiro atoms. The third kappa shape index (κ3) is 4.70. The maximum atomic E-state index is 12.2. The molecule has 0 bridgehead atoms. The van der Waals surface area contributed by atoms with E-state index in [1.54, 1.807) is 0 Å². The lowest BCUT2D eigenvalue weighted by molar-refractivity contribution is -0.147. The minimum Gasteiger partial charge on any atom is -0.468 e. The van der Waals surface area contributed by atoms with Crippen molar-refractivity contribution in [2.75, 3.05) is 13.7 Å². The number of carbonyl (C=O) groups excluding carboxylic acids is 2. The highest BCUT2D eigenvalue weighted by Gasteiger charge is 2.36. The van der Waals surface area contributed by atoms with E-state index in [0.717, 1.165) is 31.6 Å². The lowest BCUT2D eigenvalue weighted by Crippen LogP contribution is -2.49. The Morgan fingerprint density at radius 3 is 2.33 bits per heavy atom. The standard InChI is InChI=1S/C16H28N2O3/c1-11-4-6-13(7-5-11)17-15(19)10-18(14-8-9-14)12(2)16(20)21-3/h11-14H,4-10H2,1-3H3,(H,17,19)/t11?,12-,13?/m1/s1. The first-order valence-corrected chi connectivity index (χ1v) is 8.14. The number of ether oxygens (including phenoxy) is 1. The highest BCUT2D eigenvalue weighted by Crippen LogP contribution is 2.29. The van der Waals surface area contributed by atoms with Gasteiger partial charge in [-0.1, -0.05) is 6.92 Å². The number of esters is 1. The maximum Gasteiger partial charge on any atom is 0.322 e. The monoisotopic (exact) mass is 296 g/mol. The SMILES string of the molecule is COC(=O)[C@@H](C)N(CC(=O)NC1CCC(C)CC1)C1CC1. The summed E-state index contributed by atoms with van der Waals surface area (Å²) in [5.41, 5.74) is 0. The lowest BCUT2D eigenvalue weighted by Gasteiger charge is -2.30. The van der Waals surface area contributed by atoms with E-state index in [1.165, 1.54) is 20.0 Å². The van der Waals surface area contributed by atoms with E-state index >= 15 is 0 Å². The van der Waals surface area contributed by atoms with Crippen molar-refractivity contribution in [3.8, 4) is 0 Å². The Morgan fingerprint density at radius 2 is 1.81 bits per heavy atom. The van der Waals surface area contributed by atoms with Crippen LogP contribution in [0.15, 0.2) is 0 Å². The van der Waals surface area contributed by atoms with Gasteiger partial charge in [-0.15, -0.1) is 0 Å². The predicted octanol–water partition coefficient (Wildman–Crippen LogP) is 1.71. The largest absolute Gasteiger partial charge is 0.468 e. The van der Waals surface area contributed by atoms with Crippen LogP contribution < -0.4 is 5.32 Å². The van der Waals surface area contributed by atoms with Gasteiger partial charge in [0.05, 0.1) is 13.7 Å². The van der Waals surface area contributed by atoms with Gasteiger partial charge in [-0.25, -0.2) is 0 Å². The maximum absolute atomic E-state index is 12.2. The molecular formula is C16H28N2O3. The van der Waals surface area contributed by atoms with Crippen molar-refractivity contribution in [3.63, 3.8) is 0 Å². The second-order valence-electron chi connectivity index (χ2n) is 6.63. The molecule has 2 fully saturated rings. The molecule has 1 N–H and O–H groups in total. The summed E-state index contributed by atoms with van der Waals surface area (Å²) in [7, 11) is 1.40. The summed E-state index contributed by atoms with van der Waals surface area (Å²) in [6.07, 6.45) is 6.66. The van der Waals surface area contributed by atoms with Crippen LogP contribution in [0, 0.1) is 5.92 Å². The van der Waals surface area contributed by atoms with E-state index in [9.17, 15) is 9.59 Å². The molecular weight excluding hydrogens is 268 g/mol. The van der Waals surface area contributed by atoms with Crippen LogP contribution in [0.25, 0.3) is 0 Å². The molecule has 2 aliphatic rings. The zero-order valence-corrected chi connectivity index (χ0v) is 13.4. The molecule has 2 aliphatic carbocycles. The Labute approximate surface area is 127 Å². The summed E-state index contributed by atoms with van der Waals surface area (Å²) < 4.78 is 4.80. The molecule has 1 atom stereocenters. The van der Waals surface area contributed by atoms with Crippen molar-refractivity contribution in [3.05, 3.63) is 0 Å². The first-order valence-electron chi connectivity index (χ1n) is 8.14. The van der Waals surface area contributed by atoms with Crippen LogP contribution in [0.4, 0.5) is 0 Å². The van der Waals surface area contributed by atoms with Crippen LogP contribution in [-0.4, -0.2) is 48.6 Å². The van der Waals surface area contributed by atoms with Crippen LogP contribution in [0.1, 0.15) is 52.4 Å². The first-order chi connectivity index (χ1) is 10.0. The molecule has 0 aromatic heterocycles. The second kappa shape index (κ2) is 7.25. The Hall–Kier alpha value is -1.10. The van der Waals surface area contributed by atoms with Crippen LogP contribution in [0.2, 0.25) is 0 Å². The number of rotatable bonds is 6. The van der Waals surface area contributed by atoms with Crippen molar-refractivity contribution >= 4 is 11.9 Å². The van der Waals surface area contributed by atoms with Crippen LogP contribution in [-0.2, 0) is 14.3 Å². The quantitative estimate of drug-likeness (QED) is 0.758. The molecule has 0 radical (unpaired) electrons. The molecule has 0 heterocycles. The summed E-state index contributed by atoms with van der Waals surface area (Å²) in [5, 5.41) is 3.13. The highest BCUT2D eigenvalue weighted by molar-refractivity contribution is 5.80. The molecule has 5 nitrogen and oxygen atoms in total. The zero-order valence-electron chi connectivity index (χ0n) is 13.4. The molecule has 2 rings (SSSR count). The van der Waals surface area contributed by atoms with Gasteiger partial charge >= 0.3 is 5.97 Å². The summed E-state index contributed by atoms with van der Waals surface area (Å²) >= 11 is 0. The summed E-state index contributed by atoms with van der Waals surface area (Å²) in [4.78, 5) is 25.9. The Kier molecular flexibility index (Phi) is 5.62. The fraction of sp³-hybridized carbons (Fsp3) is 0.875. The zero-order chi connectivity index (χ0) is 15.4. The van der Waals surface area contributed by atoms with Gasteiger partial charge in [-0.05, 0) is 51.4 Å². The summed E-state index contributed by atoms with van der Waals surface area (Å²) in [6, 6.07) is 0.319. The Bertz CT molecular complexity index is 374. The van der Waals surface area contributed by atoms with Gasteiger partial charge < -0.3 is 10.1 Å². The van der Waals surface area contributed by atoms with Crippen molar-refractivity contribution in [1.82, 2.24) is 10.2 Å². The third-order valence-corrected chi connectivity index (χ3v) is 4.76. The molecule has 0 aromatic carbocycles. The van der Waals surface area contributed by atoms with E-state index in [-0.39, 0.29) is 17.9 Å². The van der Waals surface area contributed by atoms with Crippen molar-refractivity contribution in [1.29, 1.82) is 0 Å². The lowest BCUT2D eigenvalue weighted by atomic mass is 9.87. The number of carbonyl (C=O) groups is 2. The van der Waals surface area contributed by atoms with E-state index in [0.29, 0.717) is 18.6 Å². The topological polar surface area (TPSA) is 58.6 Å². The van der Waals surface area contributed by atoms with Gasteiger partial charge in [-0.3, -0.25) is 14.5 Å². The minimum absolute atomic E-state index is 0.0391. The smallest absolute Gasteiger partial charge is 0.322 e. The summed E-state index contributed by atoms with van der Waals surface area (Å²) in [6.45, 7) is 4.39.